The van der Waals surface area contributed by atoms with Crippen LogP contribution in [0.25, 0.3) is 4.96 Å². The lowest BCUT2D eigenvalue weighted by molar-refractivity contribution is 0.0949. The zero-order chi connectivity index (χ0) is 16.2. The third kappa shape index (κ3) is 3.17. The van der Waals surface area contributed by atoms with Gasteiger partial charge in [-0.2, -0.15) is 0 Å². The molecule has 0 aliphatic rings. The van der Waals surface area contributed by atoms with E-state index >= 15 is 0 Å². The fourth-order valence-electron chi connectivity index (χ4n) is 2.51. The van der Waals surface area contributed by atoms with E-state index in [2.05, 4.69) is 17.2 Å². The van der Waals surface area contributed by atoms with E-state index in [-0.39, 0.29) is 22.9 Å². The molecule has 0 bridgehead atoms. The second-order valence-corrected chi connectivity index (χ2v) is 6.13. The first kappa shape index (κ1) is 15.4. The van der Waals surface area contributed by atoms with Gasteiger partial charge in [-0.3, -0.25) is 14.0 Å². The smallest absolute Gasteiger partial charge is 0.271 e. The minimum atomic E-state index is -0.377. The lowest BCUT2D eigenvalue weighted by Gasteiger charge is -2.16. The molecular weight excluding hydrogens is 310 g/mol. The highest BCUT2D eigenvalue weighted by atomic mass is 32.1. The fraction of sp³-hybridized carbons (Fsp3) is 0.235. The highest BCUT2D eigenvalue weighted by Crippen LogP contribution is 2.18. The maximum Gasteiger partial charge on any atom is 0.271 e. The largest absolute Gasteiger partial charge is 0.351 e. The van der Waals surface area contributed by atoms with E-state index in [0.29, 0.717) is 11.5 Å². The first-order chi connectivity index (χ1) is 11.2. The van der Waals surface area contributed by atoms with Crippen molar-refractivity contribution in [2.75, 3.05) is 6.54 Å². The van der Waals surface area contributed by atoms with Gasteiger partial charge in [0.1, 0.15) is 5.56 Å². The molecular formula is C17H17N3O2S. The monoisotopic (exact) mass is 327 g/mol. The fourth-order valence-corrected chi connectivity index (χ4v) is 3.19. The van der Waals surface area contributed by atoms with Gasteiger partial charge >= 0.3 is 0 Å². The molecule has 1 N–H and O–H groups in total. The number of fused-ring (bicyclic) bond motifs is 1. The Morgan fingerprint density at radius 2 is 2.13 bits per heavy atom. The molecule has 0 aliphatic heterocycles. The van der Waals surface area contributed by atoms with Gasteiger partial charge < -0.3 is 5.32 Å². The van der Waals surface area contributed by atoms with Crippen molar-refractivity contribution in [1.82, 2.24) is 14.7 Å². The van der Waals surface area contributed by atoms with Gasteiger partial charge in [-0.1, -0.05) is 37.3 Å². The summed E-state index contributed by atoms with van der Waals surface area (Å²) in [5.41, 5.74) is 0.920. The molecule has 23 heavy (non-hydrogen) atoms. The van der Waals surface area contributed by atoms with Crippen LogP contribution in [0.3, 0.4) is 0 Å². The van der Waals surface area contributed by atoms with Crippen LogP contribution in [0.5, 0.6) is 0 Å². The zero-order valence-corrected chi connectivity index (χ0v) is 13.5. The Bertz CT molecular complexity index is 870. The summed E-state index contributed by atoms with van der Waals surface area (Å²) in [4.78, 5) is 29.3. The second kappa shape index (κ2) is 6.75. The average Bonchev–Trinajstić information content (AvgIpc) is 3.06. The summed E-state index contributed by atoms with van der Waals surface area (Å²) in [6.07, 6.45) is 3.89. The molecule has 0 saturated heterocycles. The van der Waals surface area contributed by atoms with Crippen molar-refractivity contribution in [3.05, 3.63) is 69.6 Å². The first-order valence-corrected chi connectivity index (χ1v) is 8.36. The number of hydrogen-bond donors (Lipinski definition) is 1. The molecule has 1 atom stereocenters. The summed E-state index contributed by atoms with van der Waals surface area (Å²) in [5.74, 6) is -0.154. The van der Waals surface area contributed by atoms with Gasteiger partial charge in [-0.15, -0.1) is 11.3 Å². The minimum absolute atomic E-state index is 0.0730. The van der Waals surface area contributed by atoms with Gasteiger partial charge in [-0.05, 0) is 12.0 Å². The number of nitrogens with zero attached hydrogens (tertiary/aromatic N) is 2. The first-order valence-electron chi connectivity index (χ1n) is 7.48. The Morgan fingerprint density at radius 3 is 2.87 bits per heavy atom. The van der Waals surface area contributed by atoms with Gasteiger partial charge in [0.25, 0.3) is 11.5 Å². The number of carbonyl (C=O) groups excluding carboxylic acids is 1. The Labute approximate surface area is 137 Å². The van der Waals surface area contributed by atoms with Gasteiger partial charge in [0.2, 0.25) is 0 Å². The van der Waals surface area contributed by atoms with E-state index in [1.165, 1.54) is 27.5 Å². The topological polar surface area (TPSA) is 63.5 Å². The normalized spacial score (nSPS) is 12.2. The molecule has 1 amide bonds. The standard InChI is InChI=1S/C17H17N3O2S/c1-2-12(13-6-4-3-5-7-13)10-18-15(21)14-11-19-17-20(16(14)22)8-9-23-17/h3-9,11-12H,2,10H2,1H3,(H,18,21)/t12-/m1/s1. The number of thiazole rings is 1. The molecule has 0 fully saturated rings. The molecule has 0 radical (unpaired) electrons. The number of nitrogens with one attached hydrogen (secondary N) is 1. The van der Waals surface area contributed by atoms with E-state index in [9.17, 15) is 9.59 Å². The van der Waals surface area contributed by atoms with Crippen LogP contribution in [0, 0.1) is 0 Å². The second-order valence-electron chi connectivity index (χ2n) is 5.26. The number of amides is 1. The van der Waals surface area contributed by atoms with Crippen LogP contribution in [0.4, 0.5) is 0 Å². The molecule has 0 saturated carbocycles. The summed E-state index contributed by atoms with van der Waals surface area (Å²) in [6.45, 7) is 2.57. The summed E-state index contributed by atoms with van der Waals surface area (Å²) < 4.78 is 1.40. The SMILES string of the molecule is CC[C@H](CNC(=O)c1cnc2sccn2c1=O)c1ccccc1. The Balaban J connectivity index is 1.75. The van der Waals surface area contributed by atoms with E-state index in [1.807, 2.05) is 30.3 Å². The molecule has 3 aromatic rings. The number of hydrogen-bond acceptors (Lipinski definition) is 4. The van der Waals surface area contributed by atoms with E-state index < -0.39 is 0 Å². The highest BCUT2D eigenvalue weighted by molar-refractivity contribution is 7.15. The van der Waals surface area contributed by atoms with Gasteiger partial charge in [0, 0.05) is 30.2 Å². The van der Waals surface area contributed by atoms with Crippen LogP contribution in [0.2, 0.25) is 0 Å². The summed E-state index contributed by atoms with van der Waals surface area (Å²) in [7, 11) is 0. The van der Waals surface area contributed by atoms with E-state index in [0.717, 1.165) is 6.42 Å². The van der Waals surface area contributed by atoms with Crippen LogP contribution < -0.4 is 10.9 Å². The molecule has 0 unspecified atom stereocenters. The molecule has 2 heterocycles. The molecule has 6 heteroatoms. The maximum absolute atomic E-state index is 12.3. The molecule has 2 aromatic heterocycles. The third-order valence-corrected chi connectivity index (χ3v) is 4.63. The maximum atomic E-state index is 12.3. The molecule has 1 aromatic carbocycles. The molecule has 118 valence electrons. The number of benzene rings is 1. The van der Waals surface area contributed by atoms with Crippen molar-refractivity contribution in [2.45, 2.75) is 19.3 Å². The van der Waals surface area contributed by atoms with Crippen LogP contribution in [0.15, 0.2) is 52.9 Å². The molecule has 5 nitrogen and oxygen atoms in total. The summed E-state index contributed by atoms with van der Waals surface area (Å²) in [6, 6.07) is 10.0. The van der Waals surface area contributed by atoms with Crippen LogP contribution in [-0.2, 0) is 0 Å². The van der Waals surface area contributed by atoms with Crippen molar-refractivity contribution >= 4 is 22.2 Å². The minimum Gasteiger partial charge on any atom is -0.351 e. The zero-order valence-electron chi connectivity index (χ0n) is 12.7. The van der Waals surface area contributed by atoms with Crippen molar-refractivity contribution in [2.24, 2.45) is 0 Å². The van der Waals surface area contributed by atoms with Gasteiger partial charge in [0.05, 0.1) is 0 Å². The third-order valence-electron chi connectivity index (χ3n) is 3.86. The summed E-state index contributed by atoms with van der Waals surface area (Å²) in [5, 5.41) is 4.63. The Kier molecular flexibility index (Phi) is 4.52. The van der Waals surface area contributed by atoms with Crippen LogP contribution in [-0.4, -0.2) is 21.8 Å². The Hall–Kier alpha value is -2.47. The molecule has 0 aliphatic carbocycles. The average molecular weight is 327 g/mol. The highest BCUT2D eigenvalue weighted by Gasteiger charge is 2.16. The van der Waals surface area contributed by atoms with Crippen molar-refractivity contribution in [1.29, 1.82) is 0 Å². The number of rotatable bonds is 5. The van der Waals surface area contributed by atoms with Crippen molar-refractivity contribution in [3.63, 3.8) is 0 Å². The predicted octanol–water partition coefficient (Wildman–Crippen LogP) is 2.68. The number of carbonyl (C=O) groups is 1. The van der Waals surface area contributed by atoms with Crippen molar-refractivity contribution in [3.8, 4) is 0 Å². The summed E-state index contributed by atoms with van der Waals surface area (Å²) >= 11 is 1.36. The Morgan fingerprint density at radius 1 is 1.35 bits per heavy atom. The van der Waals surface area contributed by atoms with Gasteiger partial charge in [-0.25, -0.2) is 4.98 Å². The van der Waals surface area contributed by atoms with Crippen LogP contribution >= 0.6 is 11.3 Å². The lowest BCUT2D eigenvalue weighted by Crippen LogP contribution is -2.33. The molecule has 3 rings (SSSR count). The van der Waals surface area contributed by atoms with Crippen molar-refractivity contribution < 1.29 is 4.79 Å². The van der Waals surface area contributed by atoms with Gasteiger partial charge in [0.15, 0.2) is 4.96 Å². The lowest BCUT2D eigenvalue weighted by atomic mass is 9.96. The number of aromatic nitrogens is 2. The molecule has 0 spiro atoms. The predicted molar refractivity (Wildman–Crippen MR) is 91.1 cm³/mol. The van der Waals surface area contributed by atoms with E-state index in [1.54, 1.807) is 11.6 Å². The van der Waals surface area contributed by atoms with Crippen LogP contribution in [0.1, 0.15) is 35.2 Å². The van der Waals surface area contributed by atoms with E-state index in [4.69, 9.17) is 0 Å². The quantitative estimate of drug-likeness (QED) is 0.783.